The van der Waals surface area contributed by atoms with Crippen LogP contribution < -0.4 is 10.6 Å². The smallest absolute Gasteiger partial charge is 0.228 e. The van der Waals surface area contributed by atoms with E-state index in [4.69, 9.17) is 5.73 Å². The maximum absolute atomic E-state index is 11.6. The number of nitrogens with two attached hydrogens (primary N) is 1. The first kappa shape index (κ1) is 9.85. The second-order valence-corrected chi connectivity index (χ2v) is 4.46. The van der Waals surface area contributed by atoms with Gasteiger partial charge in [0.1, 0.15) is 0 Å². The molecule has 0 radical (unpaired) electrons. The highest BCUT2D eigenvalue weighted by molar-refractivity contribution is 14.1. The summed E-state index contributed by atoms with van der Waals surface area (Å²) in [4.78, 5) is 17.3. The normalized spacial score (nSPS) is 21.7. The Balaban J connectivity index is 2.32. The van der Waals surface area contributed by atoms with E-state index in [0.717, 1.165) is 9.26 Å². The Kier molecular flexibility index (Phi) is 2.69. The van der Waals surface area contributed by atoms with Crippen molar-refractivity contribution in [2.75, 3.05) is 11.4 Å². The fourth-order valence-electron chi connectivity index (χ4n) is 1.55. The molecule has 0 saturated carbocycles. The molecule has 1 aromatic rings. The average Bonchev–Trinajstić information content (AvgIpc) is 2.46. The highest BCUT2D eigenvalue weighted by Gasteiger charge is 2.28. The molecule has 0 aliphatic carbocycles. The third-order valence-electron chi connectivity index (χ3n) is 2.20. The van der Waals surface area contributed by atoms with E-state index >= 15 is 0 Å². The second kappa shape index (κ2) is 3.82. The summed E-state index contributed by atoms with van der Waals surface area (Å²) in [7, 11) is 0. The Bertz CT molecular complexity index is 369. The highest BCUT2D eigenvalue weighted by atomic mass is 127. The molecule has 0 bridgehead atoms. The molecule has 2 rings (SSSR count). The predicted octanol–water partition coefficient (Wildman–Crippen LogP) is 0.750. The zero-order valence-corrected chi connectivity index (χ0v) is 9.64. The SMILES string of the molecule is NC1CC(=O)N(c2ccncc2I)C1. The quantitative estimate of drug-likeness (QED) is 0.779. The Morgan fingerprint density at radius 1 is 1.64 bits per heavy atom. The molecule has 2 heterocycles. The second-order valence-electron chi connectivity index (χ2n) is 3.30. The first-order valence-corrected chi connectivity index (χ1v) is 5.42. The summed E-state index contributed by atoms with van der Waals surface area (Å²) in [6.45, 7) is 0.610. The lowest BCUT2D eigenvalue weighted by molar-refractivity contribution is -0.117. The van der Waals surface area contributed by atoms with Crippen molar-refractivity contribution in [3.8, 4) is 0 Å². The van der Waals surface area contributed by atoms with Crippen LogP contribution in [0.25, 0.3) is 0 Å². The zero-order valence-electron chi connectivity index (χ0n) is 7.48. The molecule has 1 aliphatic rings. The number of hydrogen-bond acceptors (Lipinski definition) is 3. The monoisotopic (exact) mass is 303 g/mol. The fraction of sp³-hybridized carbons (Fsp3) is 0.333. The standard InChI is InChI=1S/C9H10IN3O/c10-7-4-12-2-1-8(7)13-5-6(11)3-9(13)14/h1-2,4,6H,3,5,11H2. The van der Waals surface area contributed by atoms with Crippen LogP contribution in [0.4, 0.5) is 5.69 Å². The third kappa shape index (κ3) is 1.74. The largest absolute Gasteiger partial charge is 0.326 e. The van der Waals surface area contributed by atoms with Crippen molar-refractivity contribution in [2.24, 2.45) is 5.73 Å². The van der Waals surface area contributed by atoms with Gasteiger partial charge in [0.05, 0.1) is 9.26 Å². The van der Waals surface area contributed by atoms with Gasteiger partial charge in [-0.15, -0.1) is 0 Å². The number of hydrogen-bond donors (Lipinski definition) is 1. The predicted molar refractivity (Wildman–Crippen MR) is 61.9 cm³/mol. The molecule has 1 aromatic heterocycles. The van der Waals surface area contributed by atoms with E-state index in [1.807, 2.05) is 6.07 Å². The molecule has 1 atom stereocenters. The van der Waals surface area contributed by atoms with Crippen LogP contribution in [0.5, 0.6) is 0 Å². The number of amides is 1. The van der Waals surface area contributed by atoms with E-state index in [-0.39, 0.29) is 11.9 Å². The van der Waals surface area contributed by atoms with Crippen molar-refractivity contribution < 1.29 is 4.79 Å². The molecule has 14 heavy (non-hydrogen) atoms. The Morgan fingerprint density at radius 2 is 2.43 bits per heavy atom. The topological polar surface area (TPSA) is 59.2 Å². The molecular weight excluding hydrogens is 293 g/mol. The summed E-state index contributed by atoms with van der Waals surface area (Å²) in [5, 5.41) is 0. The van der Waals surface area contributed by atoms with E-state index < -0.39 is 0 Å². The molecular formula is C9H10IN3O. The number of halogens is 1. The lowest BCUT2D eigenvalue weighted by atomic mass is 10.3. The van der Waals surface area contributed by atoms with Gasteiger partial charge >= 0.3 is 0 Å². The third-order valence-corrected chi connectivity index (χ3v) is 3.03. The lowest BCUT2D eigenvalue weighted by Gasteiger charge is -2.16. The number of carbonyl (C=O) groups is 1. The summed E-state index contributed by atoms with van der Waals surface area (Å²) >= 11 is 2.17. The number of carbonyl (C=O) groups excluding carboxylic acids is 1. The molecule has 74 valence electrons. The van der Waals surface area contributed by atoms with Gasteiger partial charge in [0.2, 0.25) is 5.91 Å². The summed E-state index contributed by atoms with van der Waals surface area (Å²) in [5.74, 6) is 0.0987. The molecule has 0 spiro atoms. The number of anilines is 1. The summed E-state index contributed by atoms with van der Waals surface area (Å²) in [5.41, 5.74) is 6.64. The number of nitrogens with zero attached hydrogens (tertiary/aromatic N) is 2. The van der Waals surface area contributed by atoms with Gasteiger partial charge in [-0.05, 0) is 28.7 Å². The van der Waals surface area contributed by atoms with Gasteiger partial charge in [0.25, 0.3) is 0 Å². The van der Waals surface area contributed by atoms with Crippen LogP contribution in [0.15, 0.2) is 18.5 Å². The van der Waals surface area contributed by atoms with Gasteiger partial charge in [-0.1, -0.05) is 0 Å². The van der Waals surface area contributed by atoms with Gasteiger partial charge in [0.15, 0.2) is 0 Å². The molecule has 1 aliphatic heterocycles. The lowest BCUT2D eigenvalue weighted by Crippen LogP contribution is -2.28. The van der Waals surface area contributed by atoms with Gasteiger partial charge in [-0.2, -0.15) is 0 Å². The van der Waals surface area contributed by atoms with Crippen LogP contribution >= 0.6 is 22.6 Å². The van der Waals surface area contributed by atoms with Crippen LogP contribution in [-0.2, 0) is 4.79 Å². The van der Waals surface area contributed by atoms with Crippen molar-refractivity contribution in [1.29, 1.82) is 0 Å². The number of pyridine rings is 1. The first-order valence-electron chi connectivity index (χ1n) is 4.34. The molecule has 1 saturated heterocycles. The van der Waals surface area contributed by atoms with Gasteiger partial charge in [-0.3, -0.25) is 9.78 Å². The number of aromatic nitrogens is 1. The molecule has 0 aromatic carbocycles. The van der Waals surface area contributed by atoms with Crippen LogP contribution in [0.1, 0.15) is 6.42 Å². The summed E-state index contributed by atoms with van der Waals surface area (Å²) < 4.78 is 0.979. The van der Waals surface area contributed by atoms with E-state index in [0.29, 0.717) is 13.0 Å². The van der Waals surface area contributed by atoms with Crippen molar-refractivity contribution in [3.05, 3.63) is 22.0 Å². The minimum Gasteiger partial charge on any atom is -0.326 e. The van der Waals surface area contributed by atoms with E-state index in [2.05, 4.69) is 27.6 Å². The number of rotatable bonds is 1. The van der Waals surface area contributed by atoms with Crippen LogP contribution in [0, 0.1) is 3.57 Å². The van der Waals surface area contributed by atoms with Crippen molar-refractivity contribution >= 4 is 34.2 Å². The Labute approximate surface area is 95.6 Å². The Hall–Kier alpha value is -0.690. The maximum Gasteiger partial charge on any atom is 0.228 e. The molecule has 2 N–H and O–H groups in total. The van der Waals surface area contributed by atoms with Gasteiger partial charge in [-0.25, -0.2) is 0 Å². The van der Waals surface area contributed by atoms with E-state index in [1.54, 1.807) is 17.3 Å². The molecule has 1 unspecified atom stereocenters. The van der Waals surface area contributed by atoms with Crippen LogP contribution in [0.3, 0.4) is 0 Å². The molecule has 5 heteroatoms. The van der Waals surface area contributed by atoms with Crippen LogP contribution in [-0.4, -0.2) is 23.5 Å². The highest BCUT2D eigenvalue weighted by Crippen LogP contribution is 2.25. The maximum atomic E-state index is 11.6. The summed E-state index contributed by atoms with van der Waals surface area (Å²) in [6.07, 6.45) is 3.88. The van der Waals surface area contributed by atoms with Crippen molar-refractivity contribution in [2.45, 2.75) is 12.5 Å². The molecule has 4 nitrogen and oxygen atoms in total. The van der Waals surface area contributed by atoms with Crippen molar-refractivity contribution in [1.82, 2.24) is 4.98 Å². The molecule has 1 fully saturated rings. The first-order chi connectivity index (χ1) is 6.68. The average molecular weight is 303 g/mol. The van der Waals surface area contributed by atoms with Crippen molar-refractivity contribution in [3.63, 3.8) is 0 Å². The van der Waals surface area contributed by atoms with Gasteiger partial charge < -0.3 is 10.6 Å². The minimum atomic E-state index is -0.0357. The minimum absolute atomic E-state index is 0.0357. The summed E-state index contributed by atoms with van der Waals surface area (Å²) in [6, 6.07) is 1.81. The Morgan fingerprint density at radius 3 is 3.00 bits per heavy atom. The van der Waals surface area contributed by atoms with E-state index in [1.165, 1.54) is 0 Å². The fourth-order valence-corrected chi connectivity index (χ4v) is 2.19. The van der Waals surface area contributed by atoms with Gasteiger partial charge in [0, 0.05) is 31.4 Å². The van der Waals surface area contributed by atoms with Crippen LogP contribution in [0.2, 0.25) is 0 Å². The molecule has 1 amide bonds. The van der Waals surface area contributed by atoms with E-state index in [9.17, 15) is 4.79 Å². The zero-order chi connectivity index (χ0) is 10.1.